The zero-order valence-electron chi connectivity index (χ0n) is 11.4. The monoisotopic (exact) mass is 265 g/mol. The van der Waals surface area contributed by atoms with Crippen LogP contribution in [0.1, 0.15) is 24.4 Å². The van der Waals surface area contributed by atoms with E-state index in [1.54, 1.807) is 12.4 Å². The van der Waals surface area contributed by atoms with Crippen LogP contribution in [0.2, 0.25) is 0 Å². The minimum atomic E-state index is -0.808. The third kappa shape index (κ3) is 2.74. The molecule has 104 valence electrons. The van der Waals surface area contributed by atoms with Crippen LogP contribution >= 0.6 is 0 Å². The summed E-state index contributed by atoms with van der Waals surface area (Å²) in [7, 11) is 1.91. The maximum Gasteiger partial charge on any atom is 0.310 e. The average Bonchev–Trinajstić information content (AvgIpc) is 2.87. The van der Waals surface area contributed by atoms with E-state index in [4.69, 9.17) is 4.74 Å². The third-order valence-electron chi connectivity index (χ3n) is 3.82. The quantitative estimate of drug-likeness (QED) is 0.871. The van der Waals surface area contributed by atoms with E-state index in [1.807, 2.05) is 25.8 Å². The molecule has 6 nitrogen and oxygen atoms in total. The standard InChI is InChI=1S/C13H19N3O3/c1-8-12(15-5-4-14-8)9(2)16(3)11-7-19-6-10(11)13(17)18/h4-5,9-11H,6-7H2,1-3H3,(H,17,18). The number of carboxylic acids is 1. The highest BCUT2D eigenvalue weighted by atomic mass is 16.5. The van der Waals surface area contributed by atoms with Crippen LogP contribution in [-0.2, 0) is 9.53 Å². The number of carboxylic acid groups (broad SMARTS) is 1. The summed E-state index contributed by atoms with van der Waals surface area (Å²) in [4.78, 5) is 21.8. The van der Waals surface area contributed by atoms with Crippen molar-refractivity contribution in [1.82, 2.24) is 14.9 Å². The Kier molecular flexibility index (Phi) is 4.11. The topological polar surface area (TPSA) is 75.5 Å². The van der Waals surface area contributed by atoms with Gasteiger partial charge in [0.15, 0.2) is 0 Å². The Morgan fingerprint density at radius 3 is 2.79 bits per heavy atom. The molecule has 1 aromatic rings. The predicted molar refractivity (Wildman–Crippen MR) is 68.7 cm³/mol. The molecule has 1 N–H and O–H groups in total. The summed E-state index contributed by atoms with van der Waals surface area (Å²) in [6.45, 7) is 4.63. The molecule has 3 atom stereocenters. The normalized spacial score (nSPS) is 24.6. The second-order valence-electron chi connectivity index (χ2n) is 4.92. The lowest BCUT2D eigenvalue weighted by atomic mass is 10.0. The smallest absolute Gasteiger partial charge is 0.310 e. The van der Waals surface area contributed by atoms with Crippen LogP contribution in [0.3, 0.4) is 0 Å². The van der Waals surface area contributed by atoms with Crippen molar-refractivity contribution in [3.8, 4) is 0 Å². The highest BCUT2D eigenvalue weighted by Gasteiger charge is 2.38. The van der Waals surface area contributed by atoms with Gasteiger partial charge in [-0.1, -0.05) is 0 Å². The van der Waals surface area contributed by atoms with Crippen LogP contribution in [0.5, 0.6) is 0 Å². The van der Waals surface area contributed by atoms with E-state index in [-0.39, 0.29) is 18.7 Å². The number of hydrogen-bond acceptors (Lipinski definition) is 5. The van der Waals surface area contributed by atoms with Crippen molar-refractivity contribution in [2.24, 2.45) is 5.92 Å². The summed E-state index contributed by atoms with van der Waals surface area (Å²) in [5.41, 5.74) is 1.74. The van der Waals surface area contributed by atoms with Gasteiger partial charge in [-0.25, -0.2) is 0 Å². The van der Waals surface area contributed by atoms with Gasteiger partial charge in [0, 0.05) is 18.4 Å². The molecule has 6 heteroatoms. The minimum absolute atomic E-state index is 0.00208. The summed E-state index contributed by atoms with van der Waals surface area (Å²) in [5, 5.41) is 9.20. The Balaban J connectivity index is 2.17. The fourth-order valence-electron chi connectivity index (χ4n) is 2.49. The average molecular weight is 265 g/mol. The van der Waals surface area contributed by atoms with Gasteiger partial charge in [0.1, 0.15) is 0 Å². The first-order valence-electron chi connectivity index (χ1n) is 6.32. The van der Waals surface area contributed by atoms with Gasteiger partial charge < -0.3 is 9.84 Å². The van der Waals surface area contributed by atoms with Crippen LogP contribution in [-0.4, -0.2) is 52.2 Å². The number of hydrogen-bond donors (Lipinski definition) is 1. The molecule has 0 radical (unpaired) electrons. The van der Waals surface area contributed by atoms with E-state index in [2.05, 4.69) is 9.97 Å². The maximum absolute atomic E-state index is 11.2. The fourth-order valence-corrected chi connectivity index (χ4v) is 2.49. The second-order valence-corrected chi connectivity index (χ2v) is 4.92. The van der Waals surface area contributed by atoms with E-state index in [9.17, 15) is 9.90 Å². The van der Waals surface area contributed by atoms with Gasteiger partial charge in [-0.3, -0.25) is 19.7 Å². The van der Waals surface area contributed by atoms with Crippen LogP contribution in [0.25, 0.3) is 0 Å². The molecule has 0 aromatic carbocycles. The summed E-state index contributed by atoms with van der Waals surface area (Å²) in [5.74, 6) is -1.29. The highest BCUT2D eigenvalue weighted by Crippen LogP contribution is 2.27. The summed E-state index contributed by atoms with van der Waals surface area (Å²) in [6, 6.07) is -0.129. The van der Waals surface area contributed by atoms with Crippen molar-refractivity contribution in [3.63, 3.8) is 0 Å². The maximum atomic E-state index is 11.2. The van der Waals surface area contributed by atoms with Crippen molar-refractivity contribution >= 4 is 5.97 Å². The molecular formula is C13H19N3O3. The van der Waals surface area contributed by atoms with Gasteiger partial charge in [0.05, 0.1) is 36.6 Å². The molecule has 1 aliphatic rings. The molecule has 0 amide bonds. The molecule has 0 bridgehead atoms. The Hall–Kier alpha value is -1.53. The number of likely N-dealkylation sites (N-methyl/N-ethyl adjacent to an activating group) is 1. The van der Waals surface area contributed by atoms with Crippen LogP contribution in [0.4, 0.5) is 0 Å². The number of carbonyl (C=O) groups is 1. The van der Waals surface area contributed by atoms with Crippen LogP contribution < -0.4 is 0 Å². The SMILES string of the molecule is Cc1nccnc1C(C)N(C)C1COCC1C(=O)O. The Labute approximate surface area is 112 Å². The molecular weight excluding hydrogens is 246 g/mol. The van der Waals surface area contributed by atoms with Gasteiger partial charge in [0.25, 0.3) is 0 Å². The lowest BCUT2D eigenvalue weighted by Gasteiger charge is -2.31. The molecule has 3 unspecified atom stereocenters. The summed E-state index contributed by atoms with van der Waals surface area (Å²) < 4.78 is 5.31. The fraction of sp³-hybridized carbons (Fsp3) is 0.615. The molecule has 2 heterocycles. The van der Waals surface area contributed by atoms with Crippen molar-refractivity contribution in [3.05, 3.63) is 23.8 Å². The van der Waals surface area contributed by atoms with Crippen molar-refractivity contribution in [1.29, 1.82) is 0 Å². The molecule has 0 aliphatic carbocycles. The van der Waals surface area contributed by atoms with Crippen molar-refractivity contribution in [2.75, 3.05) is 20.3 Å². The first-order valence-corrected chi connectivity index (χ1v) is 6.32. The summed E-state index contributed by atoms with van der Waals surface area (Å²) in [6.07, 6.45) is 3.32. The minimum Gasteiger partial charge on any atom is -0.481 e. The second kappa shape index (κ2) is 5.63. The van der Waals surface area contributed by atoms with E-state index in [1.165, 1.54) is 0 Å². The Morgan fingerprint density at radius 2 is 2.16 bits per heavy atom. The van der Waals surface area contributed by atoms with Gasteiger partial charge in [0.2, 0.25) is 0 Å². The van der Waals surface area contributed by atoms with E-state index >= 15 is 0 Å². The number of aliphatic carboxylic acids is 1. The molecule has 1 fully saturated rings. The number of ether oxygens (including phenoxy) is 1. The number of rotatable bonds is 4. The summed E-state index contributed by atoms with van der Waals surface area (Å²) >= 11 is 0. The van der Waals surface area contributed by atoms with Crippen LogP contribution in [0.15, 0.2) is 12.4 Å². The lowest BCUT2D eigenvalue weighted by Crippen LogP contribution is -2.42. The van der Waals surface area contributed by atoms with Gasteiger partial charge in [-0.15, -0.1) is 0 Å². The van der Waals surface area contributed by atoms with Crippen molar-refractivity contribution < 1.29 is 14.6 Å². The van der Waals surface area contributed by atoms with Gasteiger partial charge >= 0.3 is 5.97 Å². The Bertz CT molecular complexity index is 466. The van der Waals surface area contributed by atoms with E-state index in [0.29, 0.717) is 6.61 Å². The first-order chi connectivity index (χ1) is 9.02. The zero-order chi connectivity index (χ0) is 14.0. The lowest BCUT2D eigenvalue weighted by molar-refractivity contribution is -0.143. The third-order valence-corrected chi connectivity index (χ3v) is 3.82. The van der Waals surface area contributed by atoms with Gasteiger partial charge in [-0.2, -0.15) is 0 Å². The Morgan fingerprint density at radius 1 is 1.47 bits per heavy atom. The first kappa shape index (κ1) is 13.9. The highest BCUT2D eigenvalue weighted by molar-refractivity contribution is 5.71. The predicted octanol–water partition coefficient (Wildman–Crippen LogP) is 0.877. The number of aryl methyl sites for hydroxylation is 1. The number of nitrogens with zero attached hydrogens (tertiary/aromatic N) is 3. The number of aromatic nitrogens is 2. The van der Waals surface area contributed by atoms with E-state index in [0.717, 1.165) is 11.4 Å². The molecule has 0 saturated carbocycles. The molecule has 1 saturated heterocycles. The van der Waals surface area contributed by atoms with E-state index < -0.39 is 11.9 Å². The molecule has 0 spiro atoms. The molecule has 1 aliphatic heterocycles. The zero-order valence-corrected chi connectivity index (χ0v) is 11.4. The molecule has 19 heavy (non-hydrogen) atoms. The van der Waals surface area contributed by atoms with Crippen molar-refractivity contribution in [2.45, 2.75) is 25.9 Å². The molecule has 1 aromatic heterocycles. The van der Waals surface area contributed by atoms with Gasteiger partial charge in [-0.05, 0) is 20.9 Å². The largest absolute Gasteiger partial charge is 0.481 e. The molecule has 2 rings (SSSR count). The van der Waals surface area contributed by atoms with Crippen LogP contribution in [0, 0.1) is 12.8 Å².